The third-order valence-corrected chi connectivity index (χ3v) is 9.80. The van der Waals surface area contributed by atoms with Gasteiger partial charge in [-0.05, 0) is 75.4 Å². The molecule has 3 heterocycles. The van der Waals surface area contributed by atoms with Crippen LogP contribution in [-0.2, 0) is 25.7 Å². The van der Waals surface area contributed by atoms with E-state index in [2.05, 4.69) is 42.1 Å². The Labute approximate surface area is 371 Å². The van der Waals surface area contributed by atoms with Gasteiger partial charge in [-0.25, -0.2) is 14.0 Å². The van der Waals surface area contributed by atoms with Gasteiger partial charge in [0.2, 0.25) is 0 Å². The molecule has 0 saturated carbocycles. The van der Waals surface area contributed by atoms with Crippen LogP contribution in [0.3, 0.4) is 0 Å². The highest BCUT2D eigenvalue weighted by Crippen LogP contribution is 2.30. The Kier molecular flexibility index (Phi) is 19.1. The lowest BCUT2D eigenvalue weighted by molar-refractivity contribution is -0.174. The van der Waals surface area contributed by atoms with Gasteiger partial charge in [0.15, 0.2) is 6.29 Å². The Bertz CT molecular complexity index is 2050. The van der Waals surface area contributed by atoms with E-state index in [1.54, 1.807) is 35.2 Å². The predicted octanol–water partition coefficient (Wildman–Crippen LogP) is 8.18. The van der Waals surface area contributed by atoms with Crippen LogP contribution in [0.25, 0.3) is 0 Å². The van der Waals surface area contributed by atoms with Gasteiger partial charge >= 0.3 is 12.2 Å². The summed E-state index contributed by atoms with van der Waals surface area (Å²) in [5.74, 6) is 0.414. The van der Waals surface area contributed by atoms with Gasteiger partial charge in [0, 0.05) is 86.3 Å². The van der Waals surface area contributed by atoms with Crippen molar-refractivity contribution in [2.24, 2.45) is 0 Å². The molecular weight excluding hydrogens is 921 g/mol. The first-order valence-corrected chi connectivity index (χ1v) is 21.1. The first-order chi connectivity index (χ1) is 29.1. The first-order valence-electron chi connectivity index (χ1n) is 19.5. The zero-order valence-electron chi connectivity index (χ0n) is 34.2. The van der Waals surface area contributed by atoms with E-state index in [0.29, 0.717) is 54.3 Å². The fraction of sp³-hybridized carbons (Fsp3) is 0.341. The Balaban J connectivity index is 0.000000221. The zero-order valence-corrected chi connectivity index (χ0v) is 37.4. The Morgan fingerprint density at radius 1 is 0.770 bits per heavy atom. The molecule has 4 aromatic carbocycles. The lowest BCUT2D eigenvalue weighted by Crippen LogP contribution is -2.50. The number of rotatable bonds is 6. The summed E-state index contributed by atoms with van der Waals surface area (Å²) in [5, 5.41) is 12.4. The summed E-state index contributed by atoms with van der Waals surface area (Å²) in [4.78, 5) is 67.6. The number of hydrogen-bond donors (Lipinski definition) is 2. The summed E-state index contributed by atoms with van der Waals surface area (Å²) in [6, 6.07) is 28.6. The van der Waals surface area contributed by atoms with Gasteiger partial charge in [-0.2, -0.15) is 0 Å². The minimum atomic E-state index is -0.667. The van der Waals surface area contributed by atoms with E-state index in [4.69, 9.17) is 19.4 Å². The summed E-state index contributed by atoms with van der Waals surface area (Å²) >= 11 is 6.57. The quantitative estimate of drug-likeness (QED) is 0.142. The molecule has 0 unspecified atom stereocenters. The predicted molar refractivity (Wildman–Crippen MR) is 233 cm³/mol. The van der Waals surface area contributed by atoms with Crippen LogP contribution < -0.4 is 10.1 Å². The molecule has 3 saturated heterocycles. The Hall–Kier alpha value is -5.36. The zero-order chi connectivity index (χ0) is 44.4. The third-order valence-electron chi connectivity index (χ3n) is 8.81. The number of halogens is 3. The van der Waals surface area contributed by atoms with Crippen LogP contribution in [0.2, 0.25) is 0 Å². The van der Waals surface area contributed by atoms with E-state index in [0.717, 1.165) is 47.7 Å². The summed E-state index contributed by atoms with van der Waals surface area (Å²) in [6.07, 6.45) is -0.211. The number of piperazine rings is 2. The molecule has 0 atom stereocenters. The first kappa shape index (κ1) is 48.3. The molecule has 14 nitrogen and oxygen atoms in total. The monoisotopic (exact) mass is 969 g/mol. The maximum Gasteiger partial charge on any atom is 0.434 e. The fourth-order valence-corrected chi connectivity index (χ4v) is 6.36. The molecule has 7 rings (SSSR count). The molecule has 4 aromatic rings. The highest BCUT2D eigenvalue weighted by Gasteiger charge is 2.35. The Morgan fingerprint density at radius 3 is 1.87 bits per heavy atom. The van der Waals surface area contributed by atoms with Crippen molar-refractivity contribution < 1.29 is 47.8 Å². The summed E-state index contributed by atoms with van der Waals surface area (Å²) in [6.45, 7) is 11.7. The number of aromatic hydroxyl groups is 1. The normalized spacial score (nSPS) is 15.2. The summed E-state index contributed by atoms with van der Waals surface area (Å²) in [5.41, 5.74) is 0.738. The number of hydroxylamine groups is 2. The average molecular weight is 972 g/mol. The molecule has 4 amide bonds. The number of benzene rings is 4. The topological polar surface area (TPSA) is 158 Å². The van der Waals surface area contributed by atoms with E-state index >= 15 is 0 Å². The van der Waals surface area contributed by atoms with Gasteiger partial charge in [0.05, 0.1) is 5.56 Å². The number of aldehydes is 1. The van der Waals surface area contributed by atoms with E-state index < -0.39 is 23.7 Å². The minimum absolute atomic E-state index is 0.0838. The van der Waals surface area contributed by atoms with Crippen molar-refractivity contribution in [3.63, 3.8) is 0 Å². The molecule has 0 radical (unpaired) electrons. The highest BCUT2D eigenvalue weighted by atomic mass is 79.9. The molecule has 2 N–H and O–H groups in total. The largest absolute Gasteiger partial charge is 0.508 e. The van der Waals surface area contributed by atoms with Crippen molar-refractivity contribution in [3.8, 4) is 17.2 Å². The lowest BCUT2D eigenvalue weighted by Gasteiger charge is -2.34. The number of para-hydroxylation sites is 2. The van der Waals surface area contributed by atoms with Gasteiger partial charge in [-0.15, -0.1) is 5.06 Å². The second-order valence-electron chi connectivity index (χ2n) is 14.7. The number of phenolic OH excluding ortho intramolecular Hbond substituents is 1. The van der Waals surface area contributed by atoms with Gasteiger partial charge in [-0.3, -0.25) is 19.3 Å². The number of ether oxygens (including phenoxy) is 2. The smallest absolute Gasteiger partial charge is 0.434 e. The minimum Gasteiger partial charge on any atom is -0.508 e. The van der Waals surface area contributed by atoms with Crippen molar-refractivity contribution in [1.29, 1.82) is 0 Å². The molecule has 17 heteroatoms. The molecule has 3 aliphatic heterocycles. The van der Waals surface area contributed by atoms with Crippen LogP contribution in [-0.4, -0.2) is 113 Å². The maximum absolute atomic E-state index is 12.6. The van der Waals surface area contributed by atoms with Crippen LogP contribution >= 0.6 is 31.9 Å². The van der Waals surface area contributed by atoms with Crippen LogP contribution in [0.15, 0.2) is 106 Å². The number of nitrogens with one attached hydrogen (secondary N) is 1. The van der Waals surface area contributed by atoms with Gasteiger partial charge in [0.25, 0.3) is 11.8 Å². The number of imide groups is 1. The molecule has 0 aliphatic carbocycles. The van der Waals surface area contributed by atoms with Crippen LogP contribution in [0.1, 0.15) is 49.5 Å². The molecule has 0 aromatic heterocycles. The van der Waals surface area contributed by atoms with Gasteiger partial charge < -0.3 is 34.5 Å². The maximum atomic E-state index is 12.6. The molecule has 3 fully saturated rings. The van der Waals surface area contributed by atoms with Gasteiger partial charge in [0.1, 0.15) is 28.7 Å². The fourth-order valence-electron chi connectivity index (χ4n) is 5.69. The van der Waals surface area contributed by atoms with Crippen molar-refractivity contribution in [1.82, 2.24) is 25.1 Å². The average Bonchev–Trinajstić information content (AvgIpc) is 3.55. The van der Waals surface area contributed by atoms with Crippen LogP contribution in [0.5, 0.6) is 17.2 Å². The third kappa shape index (κ3) is 16.9. The standard InChI is InChI=1S/C22H22BrN3O5.C9H18N2O2.C7H4BrFO.C6H6O/c23-17-7-6-16(19(14-17)30-18-4-2-1-3-5-18)15-24-10-12-25(13-11-24)22(29)31-26-20(27)8-9-21(26)28;1-9(2,3)13-8(12)11-6-4-10-5-7-11;8-6-2-1-5(4-10)7(9)3-6;7-6-4-2-1-3-5-6/h1-7,14H,8-13,15H2;10H,4-7H2,1-3H3;1-4H;1-5,7H. The highest BCUT2D eigenvalue weighted by molar-refractivity contribution is 9.10. The number of phenols is 1. The van der Waals surface area contributed by atoms with Crippen LogP contribution in [0.4, 0.5) is 14.0 Å². The van der Waals surface area contributed by atoms with Gasteiger partial charge in [-0.1, -0.05) is 74.3 Å². The van der Waals surface area contributed by atoms with Crippen molar-refractivity contribution in [3.05, 3.63) is 123 Å². The van der Waals surface area contributed by atoms with Crippen molar-refractivity contribution >= 4 is 62.1 Å². The molecule has 326 valence electrons. The van der Waals surface area contributed by atoms with E-state index in [1.165, 1.54) is 17.0 Å². The number of carbonyl (C=O) groups is 5. The van der Waals surface area contributed by atoms with E-state index in [1.807, 2.05) is 75.4 Å². The SMILES string of the molecule is CC(C)(C)OC(=O)N1CCNCC1.O=C(ON1C(=O)CCC1=O)N1CCN(Cc2ccc(Br)cc2Oc2ccccc2)CC1.O=Cc1ccc(Br)cc1F.Oc1ccccc1. The summed E-state index contributed by atoms with van der Waals surface area (Å²) in [7, 11) is 0. The van der Waals surface area contributed by atoms with E-state index in [-0.39, 0.29) is 30.1 Å². The molecule has 3 aliphatic rings. The lowest BCUT2D eigenvalue weighted by atomic mass is 10.1. The van der Waals surface area contributed by atoms with Crippen molar-refractivity contribution in [2.75, 3.05) is 52.4 Å². The molecule has 0 bridgehead atoms. The number of nitrogens with zero attached hydrogens (tertiary/aromatic N) is 4. The second kappa shape index (κ2) is 24.2. The second-order valence-corrected chi connectivity index (χ2v) is 16.5. The molecule has 0 spiro atoms. The number of carbonyl (C=O) groups excluding carboxylic acids is 5. The number of hydrogen-bond acceptors (Lipinski definition) is 11. The van der Waals surface area contributed by atoms with Crippen LogP contribution in [0, 0.1) is 5.82 Å². The van der Waals surface area contributed by atoms with E-state index in [9.17, 15) is 28.4 Å². The number of amides is 4. The molecule has 61 heavy (non-hydrogen) atoms. The molecular formula is C44H50Br2FN5O9. The van der Waals surface area contributed by atoms with Crippen molar-refractivity contribution in [2.45, 2.75) is 45.8 Å². The summed E-state index contributed by atoms with van der Waals surface area (Å²) < 4.78 is 25.5. The Morgan fingerprint density at radius 2 is 1.33 bits per heavy atom.